The van der Waals surface area contributed by atoms with E-state index in [0.29, 0.717) is 32.1 Å². The second kappa shape index (κ2) is 29.4. The van der Waals surface area contributed by atoms with E-state index < -0.39 is 251 Å². The number of methoxy groups -OCH3 is 2. The number of esters is 1. The Morgan fingerprint density at radius 2 is 1.00 bits per heavy atom. The van der Waals surface area contributed by atoms with Crippen molar-refractivity contribution in [1.29, 1.82) is 0 Å². The summed E-state index contributed by atoms with van der Waals surface area (Å²) < 4.78 is 89.5. The first-order valence-electron chi connectivity index (χ1n) is 32.5. The van der Waals surface area contributed by atoms with E-state index in [0.717, 1.165) is 24.0 Å². The van der Waals surface area contributed by atoms with E-state index >= 15 is 0 Å². The molecule has 16 N–H and O–H groups in total. The Balaban J connectivity index is 0.898. The standard InChI is InChI=1S/C62H100O32/c1-23(2)11-10-15-61(7)32-14-16-60(6)25-12-13-34(59(4,5)26(25)17-33(67)62(32,60)58(79)94-61)89-57-51(39(72)31(22-82-57)88-53-44(77)49(37(70)29(20-65)84-53)91-54-42(75)47(80-8)35(68)27(18-63)85-54)93-52-41(74)40(73)46(24(3)83-52)90-56-45(78)50(38(71)30(21-66)87-56)92-55-43(76)48(81-9)36(69)28(19-64)86-55/h17,24-25,27-57,63-78H,1,10-16,18-22H2,2-9H3/t24-,25-,27+,28+,29+,30+,31+,32+,33-,34+,35+,36+,37+,38+,39-,40-,41-,42+,43+,44+,45+,46-,47-,48-,49-,50-,51+,52+,53-,54-,55-,56-,57-,60-,61-,62-/m0/s1. The molecule has 1 spiro atoms. The molecule has 7 aliphatic heterocycles. The minimum absolute atomic E-state index is 0.226. The minimum atomic E-state index is -2.10. The summed E-state index contributed by atoms with van der Waals surface area (Å²) in [6, 6.07) is 0. The molecule has 0 bridgehead atoms. The molecule has 0 aromatic rings. The van der Waals surface area contributed by atoms with Crippen molar-refractivity contribution in [2.24, 2.45) is 28.1 Å². The van der Waals surface area contributed by atoms with E-state index in [2.05, 4.69) is 13.5 Å². The first kappa shape index (κ1) is 74.4. The first-order valence-corrected chi connectivity index (χ1v) is 32.5. The van der Waals surface area contributed by atoms with Crippen molar-refractivity contribution in [1.82, 2.24) is 0 Å². The zero-order valence-electron chi connectivity index (χ0n) is 54.0. The number of allylic oxidation sites excluding steroid dienone is 1. The molecule has 3 aliphatic carbocycles. The van der Waals surface area contributed by atoms with Gasteiger partial charge < -0.3 is 153 Å². The number of aliphatic hydroxyl groups is 16. The van der Waals surface area contributed by atoms with Crippen LogP contribution in [-0.4, -0.2) is 331 Å². The summed E-state index contributed by atoms with van der Waals surface area (Å²) in [6.07, 6.45) is -45.7. The molecule has 9 fully saturated rings. The van der Waals surface area contributed by atoms with Gasteiger partial charge in [-0.2, -0.15) is 0 Å². The molecular weight excluding hydrogens is 1260 g/mol. The molecule has 540 valence electrons. The van der Waals surface area contributed by atoms with Crippen molar-refractivity contribution in [3.05, 3.63) is 23.8 Å². The Morgan fingerprint density at radius 1 is 0.543 bits per heavy atom. The van der Waals surface area contributed by atoms with E-state index in [4.69, 9.17) is 71.1 Å². The van der Waals surface area contributed by atoms with Gasteiger partial charge in [-0.3, -0.25) is 4.79 Å². The number of ether oxygens (including phenoxy) is 15. The van der Waals surface area contributed by atoms with Crippen LogP contribution in [0, 0.1) is 28.1 Å². The summed E-state index contributed by atoms with van der Waals surface area (Å²) in [4.78, 5) is 14.5. The normalized spacial score (nSPS) is 51.9. The van der Waals surface area contributed by atoms with Crippen LogP contribution in [0.5, 0.6) is 0 Å². The summed E-state index contributed by atoms with van der Waals surface area (Å²) in [5.41, 5.74) is -1.89. The second-order valence-corrected chi connectivity index (χ2v) is 28.1. The van der Waals surface area contributed by atoms with Gasteiger partial charge in [-0.15, -0.1) is 6.58 Å². The highest BCUT2D eigenvalue weighted by molar-refractivity contribution is 5.84. The summed E-state index contributed by atoms with van der Waals surface area (Å²) in [7, 11) is 2.35. The molecular formula is C62H100O32. The fourth-order valence-electron chi connectivity index (χ4n) is 16.8. The van der Waals surface area contributed by atoms with Gasteiger partial charge in [0.2, 0.25) is 0 Å². The average Bonchev–Trinajstić information content (AvgIpc) is 1.48. The predicted molar refractivity (Wildman–Crippen MR) is 311 cm³/mol. The van der Waals surface area contributed by atoms with Gasteiger partial charge >= 0.3 is 5.97 Å². The molecule has 7 saturated heterocycles. The molecule has 2 saturated carbocycles. The first-order chi connectivity index (χ1) is 44.4. The van der Waals surface area contributed by atoms with Crippen LogP contribution in [0.25, 0.3) is 0 Å². The van der Waals surface area contributed by atoms with E-state index in [9.17, 15) is 86.5 Å². The number of carbonyl (C=O) groups excluding carboxylic acids is 1. The van der Waals surface area contributed by atoms with Gasteiger partial charge in [0.05, 0.1) is 51.3 Å². The van der Waals surface area contributed by atoms with Crippen molar-refractivity contribution in [2.75, 3.05) is 47.3 Å². The second-order valence-electron chi connectivity index (χ2n) is 28.1. The lowest BCUT2D eigenvalue weighted by Crippen LogP contribution is -2.67. The Labute approximate surface area is 543 Å². The van der Waals surface area contributed by atoms with Gasteiger partial charge in [0.15, 0.2) is 37.7 Å². The number of fused-ring (bicyclic) bond motifs is 2. The van der Waals surface area contributed by atoms with Crippen LogP contribution < -0.4 is 0 Å². The molecule has 36 atom stereocenters. The van der Waals surface area contributed by atoms with E-state index in [1.807, 2.05) is 27.7 Å². The number of hydrogen-bond donors (Lipinski definition) is 16. The number of carbonyl (C=O) groups is 1. The van der Waals surface area contributed by atoms with E-state index in [1.54, 1.807) is 6.08 Å². The van der Waals surface area contributed by atoms with Crippen LogP contribution in [0.1, 0.15) is 86.5 Å². The number of cyclic esters (lactones) is 1. The van der Waals surface area contributed by atoms with Crippen molar-refractivity contribution in [3.8, 4) is 0 Å². The Kier molecular flexibility index (Phi) is 23.3. The molecule has 32 heteroatoms. The van der Waals surface area contributed by atoms with Crippen LogP contribution in [0.3, 0.4) is 0 Å². The third kappa shape index (κ3) is 13.0. The van der Waals surface area contributed by atoms with Crippen molar-refractivity contribution < 1.29 is 158 Å². The summed E-state index contributed by atoms with van der Waals surface area (Å²) in [6.45, 7) is 11.4. The van der Waals surface area contributed by atoms with Crippen molar-refractivity contribution in [3.63, 3.8) is 0 Å². The van der Waals surface area contributed by atoms with Crippen molar-refractivity contribution in [2.45, 2.75) is 282 Å². The Hall–Kier alpha value is -2.25. The average molecular weight is 1360 g/mol. The summed E-state index contributed by atoms with van der Waals surface area (Å²) >= 11 is 0. The predicted octanol–water partition coefficient (Wildman–Crippen LogP) is -5.53. The van der Waals surface area contributed by atoms with Gasteiger partial charge in [-0.05, 0) is 77.0 Å². The molecule has 7 heterocycles. The molecule has 32 nitrogen and oxygen atoms in total. The number of aliphatic hydroxyl groups excluding tert-OH is 16. The quantitative estimate of drug-likeness (QED) is 0.0355. The molecule has 0 radical (unpaired) electrons. The molecule has 0 aromatic carbocycles. The zero-order valence-corrected chi connectivity index (χ0v) is 54.0. The molecule has 10 rings (SSSR count). The van der Waals surface area contributed by atoms with E-state index in [-0.39, 0.29) is 11.8 Å². The van der Waals surface area contributed by atoms with Crippen molar-refractivity contribution >= 4 is 5.97 Å². The van der Waals surface area contributed by atoms with Crippen LogP contribution in [0.15, 0.2) is 23.8 Å². The highest BCUT2D eigenvalue weighted by atomic mass is 16.8. The highest BCUT2D eigenvalue weighted by Crippen LogP contribution is 2.74. The topological polar surface area (TPSA) is 479 Å². The third-order valence-electron chi connectivity index (χ3n) is 22.1. The molecule has 10 aliphatic rings. The fraction of sp³-hybridized carbons (Fsp3) is 0.919. The van der Waals surface area contributed by atoms with E-state index in [1.165, 1.54) is 21.1 Å². The highest BCUT2D eigenvalue weighted by Gasteiger charge is 2.78. The summed E-state index contributed by atoms with van der Waals surface area (Å²) in [5, 5.41) is 179. The van der Waals surface area contributed by atoms with Gasteiger partial charge in [0.1, 0.15) is 145 Å². The number of rotatable bonds is 22. The van der Waals surface area contributed by atoms with Crippen LogP contribution in [0.4, 0.5) is 0 Å². The molecule has 94 heavy (non-hydrogen) atoms. The lowest BCUT2D eigenvalue weighted by Gasteiger charge is -2.58. The lowest BCUT2D eigenvalue weighted by molar-refractivity contribution is -0.396. The monoisotopic (exact) mass is 1360 g/mol. The Morgan fingerprint density at radius 3 is 1.49 bits per heavy atom. The summed E-state index contributed by atoms with van der Waals surface area (Å²) in [5.74, 6) is -0.924. The largest absolute Gasteiger partial charge is 0.459 e. The van der Waals surface area contributed by atoms with Gasteiger partial charge in [0, 0.05) is 25.6 Å². The minimum Gasteiger partial charge on any atom is -0.459 e. The SMILES string of the molecule is C=C(C)CCC[C@]1(C)OC(=O)[C@]23[C@@H](O)C=C4[C@H](CC[C@@H](O[C@@H]5OC[C@@H](O[C@@H]6O[C@H](CO)[C@@H](O)[C@H](O[C@@H]7O[C@H](CO)[C@@H](O)[C@H](OC)[C@H]7O)[C@H]6O)[C@H](O)[C@H]5O[C@H]5O[C@@H](C)[C@H](O[C@@H]6O[C@H](CO)[C@@H](O)[C@H](O[C@@H]7O[C@H](CO)[C@@H](O)[C@H](OC)[C@H]7O)[C@H]6O)[C@@H](O)[C@@H]5O)C4(C)C)[C@]2(C)CC[C@@H]31. The van der Waals surface area contributed by atoms with Gasteiger partial charge in [-0.25, -0.2) is 0 Å². The Bertz CT molecular complexity index is 2590. The maximum Gasteiger partial charge on any atom is 0.316 e. The fourth-order valence-corrected chi connectivity index (χ4v) is 16.8. The van der Waals surface area contributed by atoms with Crippen LogP contribution >= 0.6 is 0 Å². The van der Waals surface area contributed by atoms with Crippen LogP contribution in [-0.2, 0) is 75.8 Å². The van der Waals surface area contributed by atoms with Crippen LogP contribution in [0.2, 0.25) is 0 Å². The zero-order chi connectivity index (χ0) is 68.6. The molecule has 0 unspecified atom stereocenters. The smallest absolute Gasteiger partial charge is 0.316 e. The van der Waals surface area contributed by atoms with Gasteiger partial charge in [0.25, 0.3) is 0 Å². The molecule has 0 amide bonds. The maximum atomic E-state index is 14.5. The van der Waals surface area contributed by atoms with Gasteiger partial charge in [-0.1, -0.05) is 38.0 Å². The maximum absolute atomic E-state index is 14.5. The lowest BCUT2D eigenvalue weighted by atomic mass is 9.45. The number of hydrogen-bond acceptors (Lipinski definition) is 32. The molecule has 0 aromatic heterocycles. The third-order valence-corrected chi connectivity index (χ3v) is 22.1.